The van der Waals surface area contributed by atoms with Gasteiger partial charge in [-0.05, 0) is 19.1 Å². The van der Waals surface area contributed by atoms with Crippen LogP contribution in [0.15, 0.2) is 30.3 Å². The minimum atomic E-state index is -0.624. The number of carbonyl (C=O) groups is 1. The van der Waals surface area contributed by atoms with E-state index in [1.165, 1.54) is 4.68 Å². The number of amides is 1. The maximum atomic E-state index is 11.7. The van der Waals surface area contributed by atoms with Crippen LogP contribution in [-0.4, -0.2) is 33.4 Å². The first kappa shape index (κ1) is 15.5. The highest BCUT2D eigenvalue weighted by molar-refractivity contribution is 6.30. The molecule has 0 aliphatic carbocycles. The number of nitrogens with two attached hydrogens (primary N) is 1. The van der Waals surface area contributed by atoms with E-state index in [9.17, 15) is 4.79 Å². The molecule has 1 amide bonds. The molecule has 1 aromatic carbocycles. The summed E-state index contributed by atoms with van der Waals surface area (Å²) in [5.74, 6) is 0.188. The van der Waals surface area contributed by atoms with E-state index in [4.69, 9.17) is 22.4 Å². The summed E-state index contributed by atoms with van der Waals surface area (Å²) in [5.41, 5.74) is 7.09. The van der Waals surface area contributed by atoms with Crippen molar-refractivity contribution in [3.05, 3.63) is 35.4 Å². The van der Waals surface area contributed by atoms with Crippen LogP contribution in [0.1, 0.15) is 6.92 Å². The summed E-state index contributed by atoms with van der Waals surface area (Å²) in [4.78, 5) is 11.7. The lowest BCUT2D eigenvalue weighted by molar-refractivity contribution is -0.117. The van der Waals surface area contributed by atoms with Crippen LogP contribution in [0.3, 0.4) is 0 Å². The summed E-state index contributed by atoms with van der Waals surface area (Å²) in [6, 6.07) is 8.32. The van der Waals surface area contributed by atoms with E-state index in [2.05, 4.69) is 10.4 Å². The molecule has 0 saturated heterocycles. The lowest BCUT2D eigenvalue weighted by Crippen LogP contribution is -2.33. The molecule has 0 spiro atoms. The lowest BCUT2D eigenvalue weighted by atomic mass is 10.1. The number of nitrogens with zero attached hydrogens (tertiary/aromatic N) is 2. The molecule has 4 N–H and O–H groups in total. The number of hydrogen-bond donors (Lipinski definition) is 3. The molecule has 7 heteroatoms. The summed E-state index contributed by atoms with van der Waals surface area (Å²) < 4.78 is 1.53. The molecule has 0 saturated carbocycles. The molecule has 2 aromatic rings. The third kappa shape index (κ3) is 3.81. The van der Waals surface area contributed by atoms with Crippen molar-refractivity contribution in [2.45, 2.75) is 19.5 Å². The van der Waals surface area contributed by atoms with Gasteiger partial charge in [0.1, 0.15) is 5.82 Å². The molecule has 0 radical (unpaired) electrons. The van der Waals surface area contributed by atoms with Gasteiger partial charge in [0.15, 0.2) is 0 Å². The number of aliphatic hydroxyl groups excluding tert-OH is 1. The monoisotopic (exact) mass is 308 g/mol. The third-order valence-corrected chi connectivity index (χ3v) is 3.15. The SMILES string of the molecule is CC(N)C(=O)Nc1cc(-c2ccc(Cl)cc2)nn1CCO. The Morgan fingerprint density at radius 1 is 1.48 bits per heavy atom. The number of nitrogens with one attached hydrogen (secondary N) is 1. The van der Waals surface area contributed by atoms with E-state index in [0.717, 1.165) is 5.56 Å². The quantitative estimate of drug-likeness (QED) is 0.780. The van der Waals surface area contributed by atoms with Crippen LogP contribution in [0, 0.1) is 0 Å². The first-order chi connectivity index (χ1) is 10.0. The van der Waals surface area contributed by atoms with Gasteiger partial charge in [0.25, 0.3) is 0 Å². The molecule has 6 nitrogen and oxygen atoms in total. The number of aromatic nitrogens is 2. The minimum absolute atomic E-state index is 0.0806. The number of hydrogen-bond acceptors (Lipinski definition) is 4. The summed E-state index contributed by atoms with van der Waals surface area (Å²) in [6.45, 7) is 1.80. The standard InChI is InChI=1S/C14H17ClN4O2/c1-9(16)14(21)17-13-8-12(18-19(13)6-7-20)10-2-4-11(15)5-3-10/h2-5,8-9,20H,6-7,16H2,1H3,(H,17,21). The van der Waals surface area contributed by atoms with Gasteiger partial charge >= 0.3 is 0 Å². The number of halogens is 1. The second-order valence-electron chi connectivity index (χ2n) is 4.65. The molecular formula is C14H17ClN4O2. The molecular weight excluding hydrogens is 292 g/mol. The molecule has 1 heterocycles. The Morgan fingerprint density at radius 2 is 2.14 bits per heavy atom. The fourth-order valence-electron chi connectivity index (χ4n) is 1.78. The van der Waals surface area contributed by atoms with Crippen LogP contribution in [0.25, 0.3) is 11.3 Å². The second kappa shape index (κ2) is 6.71. The fourth-order valence-corrected chi connectivity index (χ4v) is 1.91. The highest BCUT2D eigenvalue weighted by atomic mass is 35.5. The zero-order valence-electron chi connectivity index (χ0n) is 11.6. The van der Waals surface area contributed by atoms with Crippen LogP contribution in [-0.2, 0) is 11.3 Å². The van der Waals surface area contributed by atoms with Crippen molar-refractivity contribution in [1.29, 1.82) is 0 Å². The van der Waals surface area contributed by atoms with Gasteiger partial charge in [0, 0.05) is 16.7 Å². The number of aliphatic hydroxyl groups is 1. The number of benzene rings is 1. The summed E-state index contributed by atoms with van der Waals surface area (Å²) >= 11 is 5.86. The lowest BCUT2D eigenvalue weighted by Gasteiger charge is -2.09. The number of rotatable bonds is 5. The molecule has 1 aromatic heterocycles. The largest absolute Gasteiger partial charge is 0.394 e. The molecule has 0 aliphatic rings. The van der Waals surface area contributed by atoms with Crippen LogP contribution in [0.5, 0.6) is 0 Å². The van der Waals surface area contributed by atoms with Gasteiger partial charge in [0.2, 0.25) is 5.91 Å². The van der Waals surface area contributed by atoms with Crippen molar-refractivity contribution in [3.8, 4) is 11.3 Å². The smallest absolute Gasteiger partial charge is 0.242 e. The molecule has 0 fully saturated rings. The van der Waals surface area contributed by atoms with Gasteiger partial charge in [0.05, 0.1) is 24.9 Å². The zero-order valence-corrected chi connectivity index (χ0v) is 12.3. The van der Waals surface area contributed by atoms with Gasteiger partial charge in [-0.15, -0.1) is 0 Å². The van der Waals surface area contributed by atoms with E-state index in [1.54, 1.807) is 25.1 Å². The molecule has 0 bridgehead atoms. The van der Waals surface area contributed by atoms with E-state index in [0.29, 0.717) is 16.5 Å². The van der Waals surface area contributed by atoms with Crippen molar-refractivity contribution >= 4 is 23.3 Å². The summed E-state index contributed by atoms with van der Waals surface area (Å²) in [5, 5.41) is 16.8. The van der Waals surface area contributed by atoms with Crippen LogP contribution in [0.4, 0.5) is 5.82 Å². The van der Waals surface area contributed by atoms with Crippen molar-refractivity contribution < 1.29 is 9.90 Å². The molecule has 21 heavy (non-hydrogen) atoms. The maximum Gasteiger partial charge on any atom is 0.242 e. The number of anilines is 1. The van der Waals surface area contributed by atoms with Crippen molar-refractivity contribution in [1.82, 2.24) is 9.78 Å². The predicted octanol–water partition coefficient (Wildman–Crippen LogP) is 1.48. The molecule has 1 atom stereocenters. The van der Waals surface area contributed by atoms with E-state index in [1.807, 2.05) is 12.1 Å². The van der Waals surface area contributed by atoms with Crippen molar-refractivity contribution in [2.24, 2.45) is 5.73 Å². The summed E-state index contributed by atoms with van der Waals surface area (Å²) in [7, 11) is 0. The Labute approximate surface area is 127 Å². The fraction of sp³-hybridized carbons (Fsp3) is 0.286. The van der Waals surface area contributed by atoms with Gasteiger partial charge < -0.3 is 16.2 Å². The van der Waals surface area contributed by atoms with E-state index >= 15 is 0 Å². The van der Waals surface area contributed by atoms with Gasteiger partial charge in [-0.2, -0.15) is 5.10 Å². The first-order valence-electron chi connectivity index (χ1n) is 6.52. The predicted molar refractivity (Wildman–Crippen MR) is 82.0 cm³/mol. The van der Waals surface area contributed by atoms with E-state index in [-0.39, 0.29) is 19.1 Å². The summed E-state index contributed by atoms with van der Waals surface area (Å²) in [6.07, 6.45) is 0. The maximum absolute atomic E-state index is 11.7. The first-order valence-corrected chi connectivity index (χ1v) is 6.90. The average Bonchev–Trinajstić information content (AvgIpc) is 2.83. The van der Waals surface area contributed by atoms with Gasteiger partial charge in [-0.3, -0.25) is 4.79 Å². The topological polar surface area (TPSA) is 93.2 Å². The highest BCUT2D eigenvalue weighted by Gasteiger charge is 2.14. The zero-order chi connectivity index (χ0) is 15.4. The molecule has 1 unspecified atom stereocenters. The Hall–Kier alpha value is -1.89. The number of carbonyl (C=O) groups excluding carboxylic acids is 1. The van der Waals surface area contributed by atoms with Crippen molar-refractivity contribution in [2.75, 3.05) is 11.9 Å². The molecule has 0 aliphatic heterocycles. The van der Waals surface area contributed by atoms with Crippen LogP contribution in [0.2, 0.25) is 5.02 Å². The van der Waals surface area contributed by atoms with Gasteiger partial charge in [-0.1, -0.05) is 23.7 Å². The average molecular weight is 309 g/mol. The Kier molecular flexibility index (Phi) is 4.95. The molecule has 2 rings (SSSR count). The third-order valence-electron chi connectivity index (χ3n) is 2.90. The Balaban J connectivity index is 2.32. The second-order valence-corrected chi connectivity index (χ2v) is 5.08. The normalized spacial score (nSPS) is 12.2. The Morgan fingerprint density at radius 3 is 2.71 bits per heavy atom. The van der Waals surface area contributed by atoms with Crippen LogP contribution >= 0.6 is 11.6 Å². The Bertz CT molecular complexity index is 622. The van der Waals surface area contributed by atoms with Gasteiger partial charge in [-0.25, -0.2) is 4.68 Å². The van der Waals surface area contributed by atoms with Crippen molar-refractivity contribution in [3.63, 3.8) is 0 Å². The minimum Gasteiger partial charge on any atom is -0.394 e. The molecule has 112 valence electrons. The van der Waals surface area contributed by atoms with E-state index < -0.39 is 6.04 Å². The highest BCUT2D eigenvalue weighted by Crippen LogP contribution is 2.23. The van der Waals surface area contributed by atoms with Crippen LogP contribution < -0.4 is 11.1 Å².